The van der Waals surface area contributed by atoms with Gasteiger partial charge in [0.1, 0.15) is 5.69 Å². The van der Waals surface area contributed by atoms with Crippen molar-refractivity contribution in [3.8, 4) is 0 Å². The van der Waals surface area contributed by atoms with Crippen LogP contribution in [0.3, 0.4) is 0 Å². The van der Waals surface area contributed by atoms with Crippen molar-refractivity contribution in [1.82, 2.24) is 10.3 Å². The number of ketones is 1. The molecule has 0 atom stereocenters. The molecule has 1 amide bonds. The van der Waals surface area contributed by atoms with Crippen LogP contribution in [0.15, 0.2) is 12.1 Å². The number of ether oxygens (including phenoxy) is 1. The summed E-state index contributed by atoms with van der Waals surface area (Å²) in [6.07, 6.45) is 0. The molecule has 0 fully saturated rings. The number of rotatable bonds is 5. The summed E-state index contributed by atoms with van der Waals surface area (Å²) in [5.74, 6) is -0.328. The van der Waals surface area contributed by atoms with Crippen LogP contribution in [0, 0.1) is 0 Å². The lowest BCUT2D eigenvalue weighted by Crippen LogP contribution is -2.27. The molecule has 1 heterocycles. The van der Waals surface area contributed by atoms with Gasteiger partial charge in [0.15, 0.2) is 5.78 Å². The van der Waals surface area contributed by atoms with Crippen LogP contribution < -0.4 is 5.32 Å². The van der Waals surface area contributed by atoms with E-state index >= 15 is 0 Å². The summed E-state index contributed by atoms with van der Waals surface area (Å²) in [5, 5.41) is 2.65. The molecule has 0 aliphatic carbocycles. The summed E-state index contributed by atoms with van der Waals surface area (Å²) < 4.78 is 4.79. The molecule has 0 aliphatic heterocycles. The summed E-state index contributed by atoms with van der Waals surface area (Å²) in [7, 11) is 1.56. The molecule has 15 heavy (non-hydrogen) atoms. The molecule has 5 heteroatoms. The number of aromatic nitrogens is 1. The second kappa shape index (κ2) is 5.31. The highest BCUT2D eigenvalue weighted by molar-refractivity contribution is 5.97. The first kappa shape index (κ1) is 11.5. The lowest BCUT2D eigenvalue weighted by molar-refractivity contribution is 0.0932. The van der Waals surface area contributed by atoms with E-state index in [-0.39, 0.29) is 11.7 Å². The Hall–Kier alpha value is -1.62. The van der Waals surface area contributed by atoms with E-state index in [9.17, 15) is 9.59 Å². The molecule has 0 saturated carbocycles. The highest BCUT2D eigenvalue weighted by Crippen LogP contribution is 2.02. The lowest BCUT2D eigenvalue weighted by Gasteiger charge is -2.01. The Morgan fingerprint density at radius 3 is 2.60 bits per heavy atom. The molecule has 0 aliphatic rings. The van der Waals surface area contributed by atoms with Gasteiger partial charge in [-0.1, -0.05) is 0 Å². The van der Waals surface area contributed by atoms with Crippen LogP contribution in [-0.2, 0) is 4.74 Å². The van der Waals surface area contributed by atoms with Gasteiger partial charge in [-0.25, -0.2) is 0 Å². The molecule has 0 bridgehead atoms. The van der Waals surface area contributed by atoms with Crippen molar-refractivity contribution in [2.45, 2.75) is 6.92 Å². The van der Waals surface area contributed by atoms with Gasteiger partial charge in [0.05, 0.1) is 12.3 Å². The molecule has 2 N–H and O–H groups in total. The van der Waals surface area contributed by atoms with E-state index in [4.69, 9.17) is 4.74 Å². The Labute approximate surface area is 87.8 Å². The highest BCUT2D eigenvalue weighted by Gasteiger charge is 2.09. The normalized spacial score (nSPS) is 10.0. The molecule has 1 rings (SSSR count). The number of carbonyl (C=O) groups is 2. The van der Waals surface area contributed by atoms with E-state index in [0.29, 0.717) is 24.5 Å². The Morgan fingerprint density at radius 2 is 2.07 bits per heavy atom. The molecule has 0 spiro atoms. The third-order valence-corrected chi connectivity index (χ3v) is 1.90. The maximum Gasteiger partial charge on any atom is 0.267 e. The number of amides is 1. The Kier molecular flexibility index (Phi) is 4.05. The molecular formula is C10H14N2O3. The predicted molar refractivity (Wildman–Crippen MR) is 55.0 cm³/mol. The summed E-state index contributed by atoms with van der Waals surface area (Å²) in [4.78, 5) is 25.1. The van der Waals surface area contributed by atoms with E-state index < -0.39 is 0 Å². The molecular weight excluding hydrogens is 196 g/mol. The van der Waals surface area contributed by atoms with Gasteiger partial charge in [-0.05, 0) is 12.1 Å². The molecule has 0 saturated heterocycles. The van der Waals surface area contributed by atoms with Gasteiger partial charge in [-0.15, -0.1) is 0 Å². The number of carbonyl (C=O) groups excluding carboxylic acids is 2. The van der Waals surface area contributed by atoms with Gasteiger partial charge >= 0.3 is 0 Å². The first-order valence-corrected chi connectivity index (χ1v) is 4.62. The number of H-pyrrole nitrogens is 1. The number of Topliss-reactive ketones (excluding diaryl/α,β-unsaturated/α-hetero) is 1. The van der Waals surface area contributed by atoms with E-state index in [1.54, 1.807) is 19.2 Å². The minimum absolute atomic E-state index is 0.0917. The number of nitrogens with one attached hydrogen (secondary N) is 2. The quantitative estimate of drug-likeness (QED) is 0.552. The van der Waals surface area contributed by atoms with Crippen LogP contribution in [0.25, 0.3) is 0 Å². The fourth-order valence-corrected chi connectivity index (χ4v) is 1.09. The second-order valence-electron chi connectivity index (χ2n) is 3.09. The van der Waals surface area contributed by atoms with Gasteiger partial charge in [0.2, 0.25) is 0 Å². The fraction of sp³-hybridized carbons (Fsp3) is 0.400. The van der Waals surface area contributed by atoms with Crippen LogP contribution >= 0.6 is 0 Å². The fourth-order valence-electron chi connectivity index (χ4n) is 1.09. The van der Waals surface area contributed by atoms with E-state index in [2.05, 4.69) is 10.3 Å². The largest absolute Gasteiger partial charge is 0.383 e. The number of hydrogen-bond donors (Lipinski definition) is 2. The van der Waals surface area contributed by atoms with Crippen molar-refractivity contribution in [1.29, 1.82) is 0 Å². The molecule has 82 valence electrons. The first-order valence-electron chi connectivity index (χ1n) is 4.62. The molecule has 1 aromatic rings. The summed E-state index contributed by atoms with van der Waals surface area (Å²) >= 11 is 0. The van der Waals surface area contributed by atoms with Gasteiger partial charge < -0.3 is 15.0 Å². The minimum Gasteiger partial charge on any atom is -0.383 e. The average Bonchev–Trinajstić information content (AvgIpc) is 2.66. The van der Waals surface area contributed by atoms with Crippen molar-refractivity contribution in [2.75, 3.05) is 20.3 Å². The third kappa shape index (κ3) is 3.21. The van der Waals surface area contributed by atoms with Crippen LogP contribution in [-0.4, -0.2) is 36.9 Å². The topological polar surface area (TPSA) is 71.2 Å². The zero-order chi connectivity index (χ0) is 11.3. The second-order valence-corrected chi connectivity index (χ2v) is 3.09. The van der Waals surface area contributed by atoms with Gasteiger partial charge in [-0.3, -0.25) is 9.59 Å². The van der Waals surface area contributed by atoms with Crippen molar-refractivity contribution >= 4 is 11.7 Å². The molecule has 0 unspecified atom stereocenters. The van der Waals surface area contributed by atoms with Gasteiger partial charge in [-0.2, -0.15) is 0 Å². The van der Waals surface area contributed by atoms with Crippen LogP contribution in [0.2, 0.25) is 0 Å². The molecule has 0 radical (unpaired) electrons. The summed E-state index contributed by atoms with van der Waals surface area (Å²) in [6.45, 7) is 2.36. The molecule has 0 aromatic carbocycles. The third-order valence-electron chi connectivity index (χ3n) is 1.90. The van der Waals surface area contributed by atoms with Crippen LogP contribution in [0.1, 0.15) is 27.9 Å². The monoisotopic (exact) mass is 210 g/mol. The zero-order valence-corrected chi connectivity index (χ0v) is 8.79. The van der Waals surface area contributed by atoms with Crippen molar-refractivity contribution in [3.63, 3.8) is 0 Å². The SMILES string of the molecule is COCCNC(=O)c1ccc(C(C)=O)[nH]1. The first-order chi connectivity index (χ1) is 7.15. The number of hydrogen-bond acceptors (Lipinski definition) is 3. The maximum absolute atomic E-state index is 11.4. The van der Waals surface area contributed by atoms with E-state index in [1.165, 1.54) is 6.92 Å². The summed E-state index contributed by atoms with van der Waals surface area (Å²) in [5.41, 5.74) is 0.822. The minimum atomic E-state index is -0.237. The smallest absolute Gasteiger partial charge is 0.267 e. The number of aromatic amines is 1. The highest BCUT2D eigenvalue weighted by atomic mass is 16.5. The maximum atomic E-state index is 11.4. The lowest BCUT2D eigenvalue weighted by atomic mass is 10.3. The molecule has 5 nitrogen and oxygen atoms in total. The van der Waals surface area contributed by atoms with E-state index in [1.807, 2.05) is 0 Å². The Balaban J connectivity index is 2.54. The van der Waals surface area contributed by atoms with Crippen LogP contribution in [0.5, 0.6) is 0 Å². The average molecular weight is 210 g/mol. The zero-order valence-electron chi connectivity index (χ0n) is 8.79. The summed E-state index contributed by atoms with van der Waals surface area (Å²) in [6, 6.07) is 3.17. The van der Waals surface area contributed by atoms with Gasteiger partial charge in [0.25, 0.3) is 5.91 Å². The standard InChI is InChI=1S/C10H14N2O3/c1-7(13)8-3-4-9(12-8)10(14)11-5-6-15-2/h3-4,12H,5-6H2,1-2H3,(H,11,14). The van der Waals surface area contributed by atoms with Crippen molar-refractivity contribution in [3.05, 3.63) is 23.5 Å². The number of methoxy groups -OCH3 is 1. The van der Waals surface area contributed by atoms with Gasteiger partial charge in [0, 0.05) is 20.6 Å². The Bertz CT molecular complexity index is 357. The van der Waals surface area contributed by atoms with Crippen molar-refractivity contribution in [2.24, 2.45) is 0 Å². The van der Waals surface area contributed by atoms with Crippen molar-refractivity contribution < 1.29 is 14.3 Å². The molecule has 1 aromatic heterocycles. The predicted octanol–water partition coefficient (Wildman–Crippen LogP) is 0.593. The Morgan fingerprint density at radius 1 is 1.40 bits per heavy atom. The van der Waals surface area contributed by atoms with Crippen LogP contribution in [0.4, 0.5) is 0 Å². The van der Waals surface area contributed by atoms with E-state index in [0.717, 1.165) is 0 Å².